The Morgan fingerprint density at radius 1 is 1.09 bits per heavy atom. The molecule has 0 aliphatic carbocycles. The SMILES string of the molecule is CC(=O)[C@](C)(CO)CCc1ccc(C)c(/C=C/c2cccc(-c3ccc4nccn4c3)c2C)c1. The lowest BCUT2D eigenvalue weighted by Gasteiger charge is -2.24. The molecule has 2 aromatic carbocycles. The predicted octanol–water partition coefficient (Wildman–Crippen LogP) is 6.31. The van der Waals surface area contributed by atoms with Gasteiger partial charge in [0.25, 0.3) is 0 Å². The van der Waals surface area contributed by atoms with Crippen LogP contribution in [0.2, 0.25) is 0 Å². The highest BCUT2D eigenvalue weighted by atomic mass is 16.3. The minimum absolute atomic E-state index is 0.0322. The van der Waals surface area contributed by atoms with Crippen molar-refractivity contribution in [3.8, 4) is 11.1 Å². The van der Waals surface area contributed by atoms with E-state index in [1.165, 1.54) is 27.8 Å². The Morgan fingerprint density at radius 2 is 1.88 bits per heavy atom. The summed E-state index contributed by atoms with van der Waals surface area (Å²) in [6.07, 6.45) is 11.6. The first-order valence-electron chi connectivity index (χ1n) is 11.7. The van der Waals surface area contributed by atoms with Crippen molar-refractivity contribution in [3.63, 3.8) is 0 Å². The van der Waals surface area contributed by atoms with Crippen LogP contribution in [0.3, 0.4) is 0 Å². The predicted molar refractivity (Wildman–Crippen MR) is 140 cm³/mol. The number of hydrogen-bond donors (Lipinski definition) is 1. The fraction of sp³-hybridized carbons (Fsp3) is 0.267. The third kappa shape index (κ3) is 4.87. The molecule has 4 rings (SSSR count). The lowest BCUT2D eigenvalue weighted by atomic mass is 9.81. The van der Waals surface area contributed by atoms with Gasteiger partial charge in [-0.2, -0.15) is 0 Å². The molecule has 34 heavy (non-hydrogen) atoms. The summed E-state index contributed by atoms with van der Waals surface area (Å²) >= 11 is 0. The highest BCUT2D eigenvalue weighted by Crippen LogP contribution is 2.28. The van der Waals surface area contributed by atoms with Gasteiger partial charge in [0, 0.05) is 24.0 Å². The molecule has 2 aromatic heterocycles. The number of ketones is 1. The number of nitrogens with zero attached hydrogens (tertiary/aromatic N) is 2. The molecule has 0 fully saturated rings. The van der Waals surface area contributed by atoms with Crippen LogP contribution in [0.4, 0.5) is 0 Å². The summed E-state index contributed by atoms with van der Waals surface area (Å²) in [6.45, 7) is 7.55. The van der Waals surface area contributed by atoms with E-state index in [9.17, 15) is 9.90 Å². The molecule has 0 unspecified atom stereocenters. The summed E-state index contributed by atoms with van der Waals surface area (Å²) in [5.74, 6) is 0.0322. The Morgan fingerprint density at radius 3 is 2.65 bits per heavy atom. The molecular formula is C30H32N2O2. The topological polar surface area (TPSA) is 54.6 Å². The van der Waals surface area contributed by atoms with Crippen LogP contribution in [-0.2, 0) is 11.2 Å². The number of aliphatic hydroxyl groups is 1. The maximum absolute atomic E-state index is 11.9. The second-order valence-electron chi connectivity index (χ2n) is 9.43. The summed E-state index contributed by atoms with van der Waals surface area (Å²) in [5.41, 5.74) is 8.57. The largest absolute Gasteiger partial charge is 0.395 e. The number of pyridine rings is 1. The van der Waals surface area contributed by atoms with Crippen molar-refractivity contribution in [1.82, 2.24) is 9.38 Å². The molecule has 4 heteroatoms. The monoisotopic (exact) mass is 452 g/mol. The fourth-order valence-electron chi connectivity index (χ4n) is 4.22. The van der Waals surface area contributed by atoms with Crippen molar-refractivity contribution in [2.75, 3.05) is 6.61 Å². The Hall–Kier alpha value is -3.50. The molecule has 1 atom stereocenters. The first-order chi connectivity index (χ1) is 16.3. The van der Waals surface area contributed by atoms with Crippen LogP contribution in [0.5, 0.6) is 0 Å². The highest BCUT2D eigenvalue weighted by molar-refractivity contribution is 5.82. The Bertz CT molecular complexity index is 1370. The van der Waals surface area contributed by atoms with Gasteiger partial charge in [-0.05, 0) is 84.7 Å². The van der Waals surface area contributed by atoms with E-state index < -0.39 is 5.41 Å². The summed E-state index contributed by atoms with van der Waals surface area (Å²) in [7, 11) is 0. The van der Waals surface area contributed by atoms with Crippen molar-refractivity contribution >= 4 is 23.6 Å². The first-order valence-corrected chi connectivity index (χ1v) is 11.7. The molecule has 0 radical (unpaired) electrons. The maximum Gasteiger partial charge on any atom is 0.137 e. The zero-order chi connectivity index (χ0) is 24.3. The van der Waals surface area contributed by atoms with E-state index in [4.69, 9.17) is 0 Å². The fourth-order valence-corrected chi connectivity index (χ4v) is 4.22. The summed E-state index contributed by atoms with van der Waals surface area (Å²) in [6, 6.07) is 17.0. The molecule has 0 bridgehead atoms. The quantitative estimate of drug-likeness (QED) is 0.319. The Balaban J connectivity index is 1.58. The molecule has 4 aromatic rings. The number of aliphatic hydroxyl groups excluding tert-OH is 1. The number of imidazole rings is 1. The van der Waals surface area contributed by atoms with Crippen LogP contribution in [0.25, 0.3) is 28.9 Å². The lowest BCUT2D eigenvalue weighted by molar-refractivity contribution is -0.128. The third-order valence-corrected chi connectivity index (χ3v) is 7.03. The van der Waals surface area contributed by atoms with Crippen LogP contribution >= 0.6 is 0 Å². The zero-order valence-electron chi connectivity index (χ0n) is 20.4. The number of aromatic nitrogens is 2. The molecule has 4 nitrogen and oxygen atoms in total. The summed E-state index contributed by atoms with van der Waals surface area (Å²) < 4.78 is 2.04. The smallest absolute Gasteiger partial charge is 0.137 e. The van der Waals surface area contributed by atoms with Gasteiger partial charge in [0.1, 0.15) is 11.4 Å². The van der Waals surface area contributed by atoms with Crippen molar-refractivity contribution in [1.29, 1.82) is 0 Å². The van der Waals surface area contributed by atoms with Gasteiger partial charge in [-0.1, -0.05) is 55.5 Å². The highest BCUT2D eigenvalue weighted by Gasteiger charge is 2.28. The van der Waals surface area contributed by atoms with Gasteiger partial charge in [0.05, 0.1) is 6.61 Å². The molecule has 0 saturated heterocycles. The summed E-state index contributed by atoms with van der Waals surface area (Å²) in [5, 5.41) is 9.68. The van der Waals surface area contributed by atoms with E-state index in [1.807, 2.05) is 29.8 Å². The minimum atomic E-state index is -0.682. The van der Waals surface area contributed by atoms with Gasteiger partial charge < -0.3 is 9.51 Å². The molecule has 1 N–H and O–H groups in total. The average Bonchev–Trinajstić information content (AvgIpc) is 3.31. The van der Waals surface area contributed by atoms with Gasteiger partial charge >= 0.3 is 0 Å². The van der Waals surface area contributed by atoms with Crippen LogP contribution in [0.1, 0.15) is 48.1 Å². The molecule has 0 saturated carbocycles. The van der Waals surface area contributed by atoms with Gasteiger partial charge in [0.2, 0.25) is 0 Å². The van der Waals surface area contributed by atoms with Crippen molar-refractivity contribution in [2.45, 2.75) is 40.5 Å². The lowest BCUT2D eigenvalue weighted by Crippen LogP contribution is -2.30. The molecule has 174 valence electrons. The molecule has 0 amide bonds. The normalized spacial score (nSPS) is 13.4. The van der Waals surface area contributed by atoms with E-state index in [-0.39, 0.29) is 12.4 Å². The third-order valence-electron chi connectivity index (χ3n) is 7.03. The number of carbonyl (C=O) groups is 1. The number of aryl methyl sites for hydroxylation is 2. The van der Waals surface area contributed by atoms with Gasteiger partial charge in [-0.15, -0.1) is 0 Å². The van der Waals surface area contributed by atoms with Crippen molar-refractivity contribution in [2.24, 2.45) is 5.41 Å². The second-order valence-corrected chi connectivity index (χ2v) is 9.43. The van der Waals surface area contributed by atoms with Crippen LogP contribution in [0.15, 0.2) is 67.1 Å². The number of benzene rings is 2. The molecule has 0 spiro atoms. The number of Topliss-reactive ketones (excluding diaryl/α,β-unsaturated/α-hetero) is 1. The van der Waals surface area contributed by atoms with Crippen molar-refractivity contribution < 1.29 is 9.90 Å². The van der Waals surface area contributed by atoms with E-state index in [0.717, 1.165) is 23.2 Å². The number of fused-ring (bicyclic) bond motifs is 1. The maximum atomic E-state index is 11.9. The van der Waals surface area contributed by atoms with Gasteiger partial charge in [-0.25, -0.2) is 4.98 Å². The Kier molecular flexibility index (Phi) is 6.80. The van der Waals surface area contributed by atoms with Crippen LogP contribution < -0.4 is 0 Å². The molecule has 0 aliphatic rings. The first kappa shape index (κ1) is 23.7. The molecular weight excluding hydrogens is 420 g/mol. The minimum Gasteiger partial charge on any atom is -0.395 e. The Labute approximate surface area is 201 Å². The van der Waals surface area contributed by atoms with Gasteiger partial charge in [0.15, 0.2) is 0 Å². The number of hydrogen-bond acceptors (Lipinski definition) is 3. The number of carbonyl (C=O) groups excluding carboxylic acids is 1. The van der Waals surface area contributed by atoms with E-state index >= 15 is 0 Å². The number of rotatable bonds is 8. The van der Waals surface area contributed by atoms with Crippen LogP contribution in [0, 0.1) is 19.3 Å². The van der Waals surface area contributed by atoms with E-state index in [1.54, 1.807) is 6.92 Å². The second kappa shape index (κ2) is 9.78. The van der Waals surface area contributed by atoms with E-state index in [0.29, 0.717) is 6.42 Å². The average molecular weight is 453 g/mol. The summed E-state index contributed by atoms with van der Waals surface area (Å²) in [4.78, 5) is 16.3. The van der Waals surface area contributed by atoms with Crippen LogP contribution in [-0.4, -0.2) is 26.9 Å². The molecule has 2 heterocycles. The van der Waals surface area contributed by atoms with Crippen molar-refractivity contribution in [3.05, 3.63) is 94.9 Å². The standard InChI is InChI=1S/C30H32N2O2/c1-21-8-9-24(14-15-30(4,20-33)23(3)34)18-26(21)11-10-25-6-5-7-28(22(25)2)27-12-13-29-31-16-17-32(29)19-27/h5-13,16-19,33H,14-15,20H2,1-4H3/b11-10+/t30-/m0/s1. The molecule has 0 aliphatic heterocycles. The van der Waals surface area contributed by atoms with Gasteiger partial charge in [-0.3, -0.25) is 4.79 Å². The van der Waals surface area contributed by atoms with E-state index in [2.05, 4.69) is 79.6 Å². The zero-order valence-corrected chi connectivity index (χ0v) is 20.4.